The van der Waals surface area contributed by atoms with Crippen molar-refractivity contribution in [3.05, 3.63) is 59.2 Å². The van der Waals surface area contributed by atoms with Crippen molar-refractivity contribution >= 4 is 5.91 Å². The van der Waals surface area contributed by atoms with Crippen LogP contribution in [0.3, 0.4) is 0 Å². The number of phenols is 2. The monoisotopic (exact) mass is 314 g/mol. The normalized spacial score (nSPS) is 12.2. The van der Waals surface area contributed by atoms with Gasteiger partial charge < -0.3 is 15.5 Å². The van der Waals surface area contributed by atoms with Crippen molar-refractivity contribution in [1.82, 2.24) is 10.2 Å². The van der Waals surface area contributed by atoms with E-state index in [1.165, 1.54) is 12.1 Å². The second kappa shape index (κ2) is 7.15. The summed E-state index contributed by atoms with van der Waals surface area (Å²) < 4.78 is 0. The van der Waals surface area contributed by atoms with E-state index in [1.807, 2.05) is 50.2 Å². The molecule has 0 heterocycles. The second-order valence-corrected chi connectivity index (χ2v) is 5.75. The lowest BCUT2D eigenvalue weighted by molar-refractivity contribution is -0.126. The van der Waals surface area contributed by atoms with Gasteiger partial charge in [0.25, 0.3) is 0 Å². The van der Waals surface area contributed by atoms with Crippen LogP contribution in [0, 0.1) is 6.92 Å². The molecular weight excluding hydrogens is 292 g/mol. The Morgan fingerprint density at radius 1 is 1.17 bits per heavy atom. The molecule has 0 aliphatic rings. The summed E-state index contributed by atoms with van der Waals surface area (Å²) in [5, 5.41) is 21.9. The van der Waals surface area contributed by atoms with Gasteiger partial charge >= 0.3 is 0 Å². The lowest BCUT2D eigenvalue weighted by Crippen LogP contribution is -2.37. The molecule has 0 aromatic heterocycles. The fourth-order valence-electron chi connectivity index (χ4n) is 2.53. The van der Waals surface area contributed by atoms with Gasteiger partial charge in [0.2, 0.25) is 5.91 Å². The fraction of sp³-hybridized carbons (Fsp3) is 0.278. The minimum absolute atomic E-state index is 0.0105. The Morgan fingerprint density at radius 3 is 2.48 bits per heavy atom. The molecule has 2 aromatic rings. The molecule has 5 nitrogen and oxygen atoms in total. The van der Waals surface area contributed by atoms with E-state index in [-0.39, 0.29) is 24.0 Å². The predicted molar refractivity (Wildman–Crippen MR) is 89.2 cm³/mol. The van der Waals surface area contributed by atoms with E-state index in [1.54, 1.807) is 6.07 Å². The highest BCUT2D eigenvalue weighted by molar-refractivity contribution is 5.83. The van der Waals surface area contributed by atoms with Crippen molar-refractivity contribution in [1.29, 1.82) is 0 Å². The highest BCUT2D eigenvalue weighted by Gasteiger charge is 2.24. The molecule has 0 aliphatic carbocycles. The molecular formula is C18H22N2O3. The third-order valence-electron chi connectivity index (χ3n) is 3.77. The summed E-state index contributed by atoms with van der Waals surface area (Å²) in [6.07, 6.45) is 0. The van der Waals surface area contributed by atoms with Crippen molar-refractivity contribution in [3.63, 3.8) is 0 Å². The van der Waals surface area contributed by atoms with Crippen LogP contribution in [-0.2, 0) is 11.3 Å². The molecule has 0 aliphatic heterocycles. The van der Waals surface area contributed by atoms with Gasteiger partial charge in [0, 0.05) is 18.2 Å². The SMILES string of the molecule is Cc1ccccc1[C@H](C(=O)NCc1ccc(O)cc1O)N(C)C. The first-order chi connectivity index (χ1) is 10.9. The van der Waals surface area contributed by atoms with Crippen LogP contribution >= 0.6 is 0 Å². The number of phenolic OH excluding ortho intramolecular Hbond substituents is 2. The van der Waals surface area contributed by atoms with Crippen LogP contribution in [0.2, 0.25) is 0 Å². The third-order valence-corrected chi connectivity index (χ3v) is 3.77. The minimum Gasteiger partial charge on any atom is -0.508 e. The van der Waals surface area contributed by atoms with Crippen molar-refractivity contribution in [2.75, 3.05) is 14.1 Å². The molecule has 3 N–H and O–H groups in total. The smallest absolute Gasteiger partial charge is 0.242 e. The van der Waals surface area contributed by atoms with Crippen molar-refractivity contribution in [2.45, 2.75) is 19.5 Å². The number of aromatic hydroxyl groups is 2. The molecule has 1 atom stereocenters. The fourth-order valence-corrected chi connectivity index (χ4v) is 2.53. The zero-order valence-electron chi connectivity index (χ0n) is 13.6. The number of carbonyl (C=O) groups excluding carboxylic acids is 1. The van der Waals surface area contributed by atoms with Gasteiger partial charge in [0.15, 0.2) is 0 Å². The first-order valence-corrected chi connectivity index (χ1v) is 7.40. The summed E-state index contributed by atoms with van der Waals surface area (Å²) in [6, 6.07) is 11.7. The van der Waals surface area contributed by atoms with E-state index in [9.17, 15) is 15.0 Å². The highest BCUT2D eigenvalue weighted by atomic mass is 16.3. The molecule has 0 bridgehead atoms. The van der Waals surface area contributed by atoms with Crippen LogP contribution in [0.4, 0.5) is 0 Å². The van der Waals surface area contributed by atoms with Gasteiger partial charge in [-0.15, -0.1) is 0 Å². The Hall–Kier alpha value is -2.53. The summed E-state index contributed by atoms with van der Waals surface area (Å²) in [7, 11) is 3.71. The number of nitrogens with one attached hydrogen (secondary N) is 1. The number of benzene rings is 2. The van der Waals surface area contributed by atoms with Gasteiger partial charge in [0.05, 0.1) is 0 Å². The standard InChI is InChI=1S/C18H22N2O3/c1-12-6-4-5-7-15(12)17(20(2)3)18(23)19-11-13-8-9-14(21)10-16(13)22/h4-10,17,21-22H,11H2,1-3H3,(H,19,23)/t17-/m1/s1. The van der Waals surface area contributed by atoms with E-state index in [0.29, 0.717) is 5.56 Å². The number of likely N-dealkylation sites (N-methyl/N-ethyl adjacent to an activating group) is 1. The van der Waals surface area contributed by atoms with Crippen LogP contribution in [0.1, 0.15) is 22.7 Å². The number of hydrogen-bond acceptors (Lipinski definition) is 4. The molecule has 0 spiro atoms. The molecule has 0 unspecified atom stereocenters. The van der Waals surface area contributed by atoms with Gasteiger partial charge in [-0.1, -0.05) is 24.3 Å². The van der Waals surface area contributed by atoms with Gasteiger partial charge in [0.1, 0.15) is 17.5 Å². The maximum absolute atomic E-state index is 12.6. The van der Waals surface area contributed by atoms with E-state index >= 15 is 0 Å². The predicted octanol–water partition coefficient (Wildman–Crippen LogP) is 2.33. The first-order valence-electron chi connectivity index (χ1n) is 7.40. The number of amides is 1. The molecule has 0 saturated carbocycles. The number of aryl methyl sites for hydroxylation is 1. The van der Waals surface area contributed by atoms with Gasteiger partial charge in [-0.2, -0.15) is 0 Å². The summed E-state index contributed by atoms with van der Waals surface area (Å²) in [5.41, 5.74) is 2.55. The van der Waals surface area contributed by atoms with Crippen molar-refractivity contribution in [3.8, 4) is 11.5 Å². The highest BCUT2D eigenvalue weighted by Crippen LogP contribution is 2.24. The van der Waals surface area contributed by atoms with Crippen molar-refractivity contribution in [2.24, 2.45) is 0 Å². The van der Waals surface area contributed by atoms with Crippen LogP contribution < -0.4 is 5.32 Å². The molecule has 2 rings (SSSR count). The average Bonchev–Trinajstić information content (AvgIpc) is 2.48. The Kier molecular flexibility index (Phi) is 5.24. The maximum atomic E-state index is 12.6. The molecule has 122 valence electrons. The maximum Gasteiger partial charge on any atom is 0.242 e. The van der Waals surface area contributed by atoms with Crippen LogP contribution in [-0.4, -0.2) is 35.1 Å². The molecule has 5 heteroatoms. The number of rotatable bonds is 5. The van der Waals surface area contributed by atoms with E-state index in [0.717, 1.165) is 11.1 Å². The largest absolute Gasteiger partial charge is 0.508 e. The summed E-state index contributed by atoms with van der Waals surface area (Å²) >= 11 is 0. The van der Waals surface area contributed by atoms with Gasteiger partial charge in [-0.05, 0) is 44.3 Å². The first kappa shape index (κ1) is 16.8. The zero-order chi connectivity index (χ0) is 17.0. The molecule has 0 fully saturated rings. The van der Waals surface area contributed by atoms with Crippen LogP contribution in [0.25, 0.3) is 0 Å². The molecule has 1 amide bonds. The zero-order valence-corrected chi connectivity index (χ0v) is 13.6. The topological polar surface area (TPSA) is 72.8 Å². The molecule has 23 heavy (non-hydrogen) atoms. The van der Waals surface area contributed by atoms with Crippen LogP contribution in [0.15, 0.2) is 42.5 Å². The Morgan fingerprint density at radius 2 is 1.87 bits per heavy atom. The molecule has 2 aromatic carbocycles. The second-order valence-electron chi connectivity index (χ2n) is 5.75. The molecule has 0 radical (unpaired) electrons. The lowest BCUT2D eigenvalue weighted by Gasteiger charge is -2.25. The van der Waals surface area contributed by atoms with Crippen molar-refractivity contribution < 1.29 is 15.0 Å². The Bertz CT molecular complexity index is 698. The summed E-state index contributed by atoms with van der Waals surface area (Å²) in [4.78, 5) is 14.5. The van der Waals surface area contributed by atoms with Gasteiger partial charge in [-0.25, -0.2) is 0 Å². The quantitative estimate of drug-likeness (QED) is 0.792. The Labute approximate surface area is 136 Å². The minimum atomic E-state index is -0.407. The third kappa shape index (κ3) is 4.02. The van der Waals surface area contributed by atoms with E-state index in [2.05, 4.69) is 5.32 Å². The van der Waals surface area contributed by atoms with Gasteiger partial charge in [-0.3, -0.25) is 9.69 Å². The Balaban J connectivity index is 2.15. The van der Waals surface area contributed by atoms with E-state index < -0.39 is 6.04 Å². The summed E-state index contributed by atoms with van der Waals surface area (Å²) in [6.45, 7) is 2.17. The lowest BCUT2D eigenvalue weighted by atomic mass is 9.99. The number of carbonyl (C=O) groups is 1. The van der Waals surface area contributed by atoms with E-state index in [4.69, 9.17) is 0 Å². The summed E-state index contributed by atoms with van der Waals surface area (Å²) in [5.74, 6) is -0.192. The average molecular weight is 314 g/mol. The number of nitrogens with zero attached hydrogens (tertiary/aromatic N) is 1. The number of hydrogen-bond donors (Lipinski definition) is 3. The van der Waals surface area contributed by atoms with Crippen LogP contribution in [0.5, 0.6) is 11.5 Å². The molecule has 0 saturated heterocycles.